The first kappa shape index (κ1) is 103. The van der Waals surface area contributed by atoms with Crippen LogP contribution in [0.5, 0.6) is 0 Å². The summed E-state index contributed by atoms with van der Waals surface area (Å²) in [5.41, 5.74) is 0. The number of unbranched alkanes of at least 4 members (excludes halogenated alkanes) is 47. The summed E-state index contributed by atoms with van der Waals surface area (Å²) in [5, 5.41) is 10.7. The van der Waals surface area contributed by atoms with Gasteiger partial charge in [0.1, 0.15) is 19.3 Å². The van der Waals surface area contributed by atoms with Crippen molar-refractivity contribution in [1.29, 1.82) is 0 Å². The first-order valence-electron chi connectivity index (χ1n) is 44.3. The fraction of sp³-hybridized carbons (Fsp3) is 0.953. The molecule has 0 bridgehead atoms. The van der Waals surface area contributed by atoms with Crippen molar-refractivity contribution < 1.29 is 80.2 Å². The van der Waals surface area contributed by atoms with Gasteiger partial charge in [0.05, 0.1) is 26.4 Å². The third-order valence-corrected chi connectivity index (χ3v) is 22.7. The summed E-state index contributed by atoms with van der Waals surface area (Å²) in [6, 6.07) is 0. The zero-order chi connectivity index (χ0) is 77.4. The van der Waals surface area contributed by atoms with E-state index >= 15 is 0 Å². The van der Waals surface area contributed by atoms with Crippen molar-refractivity contribution in [1.82, 2.24) is 0 Å². The van der Waals surface area contributed by atoms with E-state index in [0.29, 0.717) is 31.6 Å². The van der Waals surface area contributed by atoms with Crippen molar-refractivity contribution in [2.45, 2.75) is 465 Å². The quantitative estimate of drug-likeness (QED) is 0.0222. The smallest absolute Gasteiger partial charge is 0.462 e. The average molecular weight is 1540 g/mol. The highest BCUT2D eigenvalue weighted by atomic mass is 31.2. The van der Waals surface area contributed by atoms with E-state index in [2.05, 4.69) is 55.4 Å². The van der Waals surface area contributed by atoms with Gasteiger partial charge < -0.3 is 33.8 Å². The van der Waals surface area contributed by atoms with Crippen LogP contribution in [-0.2, 0) is 65.4 Å². The number of carbonyl (C=O) groups excluding carboxylic acids is 4. The van der Waals surface area contributed by atoms with Crippen LogP contribution >= 0.6 is 15.6 Å². The highest BCUT2D eigenvalue weighted by molar-refractivity contribution is 7.47. The van der Waals surface area contributed by atoms with E-state index in [-0.39, 0.29) is 25.7 Å². The summed E-state index contributed by atoms with van der Waals surface area (Å²) in [6.45, 7) is 14.3. The molecule has 3 N–H and O–H groups in total. The lowest BCUT2D eigenvalue weighted by molar-refractivity contribution is -0.161. The molecule has 0 amide bonds. The minimum Gasteiger partial charge on any atom is -0.462 e. The van der Waals surface area contributed by atoms with Gasteiger partial charge in [-0.05, 0) is 49.4 Å². The molecule has 0 aromatic rings. The van der Waals surface area contributed by atoms with E-state index < -0.39 is 97.5 Å². The van der Waals surface area contributed by atoms with Gasteiger partial charge in [-0.25, -0.2) is 9.13 Å². The second-order valence-electron chi connectivity index (χ2n) is 32.4. The van der Waals surface area contributed by atoms with Crippen LogP contribution in [0.3, 0.4) is 0 Å². The van der Waals surface area contributed by atoms with Crippen LogP contribution in [0.25, 0.3) is 0 Å². The second-order valence-corrected chi connectivity index (χ2v) is 35.3. The van der Waals surface area contributed by atoms with Crippen molar-refractivity contribution >= 4 is 39.5 Å². The van der Waals surface area contributed by atoms with E-state index in [1.54, 1.807) is 0 Å². The molecule has 7 atom stereocenters. The summed E-state index contributed by atoms with van der Waals surface area (Å²) in [7, 11) is -9.93. The molecule has 0 fully saturated rings. The lowest BCUT2D eigenvalue weighted by Crippen LogP contribution is -2.30. The van der Waals surface area contributed by atoms with Gasteiger partial charge in [-0.2, -0.15) is 0 Å². The fourth-order valence-electron chi connectivity index (χ4n) is 13.3. The minimum absolute atomic E-state index is 0.107. The SMILES string of the molecule is CCC(C)CCCCCCCCCCCCCCCCCCCCC(=O)O[C@H](COC(=O)CCCCCCCCCCCCC(C)CC)COP(=O)(O)OCC(O)COP(=O)(O)OC[C@@H](COC(=O)CCCCCCCCCC(C)C)OC(=O)CCCCCCCCCCCCCCCCCCC(C)C. The molecule has 17 nitrogen and oxygen atoms in total. The standard InChI is InChI=1S/C86H168O17P2/c1-9-78(7)64-56-48-40-32-26-22-18-13-11-12-14-19-23-27-35-43-52-60-68-85(90)102-81(72-96-83(88)66-58-50-42-34-30-29-33-41-49-57-65-79(8)10-2)74-100-104(92,93)98-70-80(87)71-99-105(94,95)101-75-82(73-97-84(89)67-59-51-45-37-39-47-55-63-77(5)6)103-86(91)69-61-53-44-36-28-24-20-16-15-17-21-25-31-38-46-54-62-76(3)4/h76-82,87H,9-75H2,1-8H3,(H,92,93)(H,94,95)/t78?,79?,80?,81-,82-/m1/s1. The Bertz CT molecular complexity index is 2050. The Labute approximate surface area is 645 Å². The second kappa shape index (κ2) is 74.8. The van der Waals surface area contributed by atoms with Crippen molar-refractivity contribution in [2.24, 2.45) is 23.7 Å². The molecule has 0 saturated heterocycles. The van der Waals surface area contributed by atoms with E-state index in [1.165, 1.54) is 244 Å². The molecule has 0 aromatic heterocycles. The number of aliphatic hydroxyl groups is 1. The molecule has 19 heteroatoms. The minimum atomic E-state index is -4.97. The molecule has 105 heavy (non-hydrogen) atoms. The van der Waals surface area contributed by atoms with E-state index in [0.717, 1.165) is 114 Å². The molecule has 5 unspecified atom stereocenters. The summed E-state index contributed by atoms with van der Waals surface area (Å²) < 4.78 is 68.9. The largest absolute Gasteiger partial charge is 0.472 e. The molecule has 0 aromatic carbocycles. The molecule has 0 spiro atoms. The zero-order valence-corrected chi connectivity index (χ0v) is 71.2. The number of esters is 4. The van der Waals surface area contributed by atoms with Crippen molar-refractivity contribution in [3.8, 4) is 0 Å². The number of phosphoric acid groups is 2. The number of ether oxygens (including phenoxy) is 4. The normalized spacial score (nSPS) is 14.4. The first-order chi connectivity index (χ1) is 50.7. The van der Waals surface area contributed by atoms with E-state index in [1.807, 2.05) is 0 Å². The third-order valence-electron chi connectivity index (χ3n) is 20.8. The fourth-order valence-corrected chi connectivity index (χ4v) is 14.8. The maximum Gasteiger partial charge on any atom is 0.472 e. The molecule has 0 aliphatic heterocycles. The van der Waals surface area contributed by atoms with Crippen LogP contribution in [0.15, 0.2) is 0 Å². The lowest BCUT2D eigenvalue weighted by Gasteiger charge is -2.21. The molecular formula is C86H168O17P2. The third kappa shape index (κ3) is 77.2. The maximum atomic E-state index is 13.1. The maximum absolute atomic E-state index is 13.1. The molecular weight excluding hydrogens is 1370 g/mol. The average Bonchev–Trinajstić information content (AvgIpc) is 0.906. The molecule has 0 aliphatic carbocycles. The van der Waals surface area contributed by atoms with Gasteiger partial charge in [-0.3, -0.25) is 37.3 Å². The van der Waals surface area contributed by atoms with E-state index in [4.69, 9.17) is 37.0 Å². The Morgan fingerprint density at radius 3 is 0.676 bits per heavy atom. The topological polar surface area (TPSA) is 237 Å². The molecule has 0 radical (unpaired) electrons. The first-order valence-corrected chi connectivity index (χ1v) is 47.3. The number of carbonyl (C=O) groups is 4. The van der Waals surface area contributed by atoms with Crippen LogP contribution in [0.1, 0.15) is 447 Å². The Morgan fingerprint density at radius 1 is 0.267 bits per heavy atom. The summed E-state index contributed by atoms with van der Waals surface area (Å²) in [4.78, 5) is 73.2. The van der Waals surface area contributed by atoms with Gasteiger partial charge in [-0.1, -0.05) is 396 Å². The highest BCUT2D eigenvalue weighted by Gasteiger charge is 2.31. The lowest BCUT2D eigenvalue weighted by atomic mass is 9.99. The Morgan fingerprint density at radius 2 is 0.457 bits per heavy atom. The number of aliphatic hydroxyl groups excluding tert-OH is 1. The van der Waals surface area contributed by atoms with Crippen molar-refractivity contribution in [2.75, 3.05) is 39.6 Å². The molecule has 0 saturated carbocycles. The predicted octanol–water partition coefficient (Wildman–Crippen LogP) is 25.9. The number of hydrogen-bond acceptors (Lipinski definition) is 15. The number of rotatable bonds is 83. The van der Waals surface area contributed by atoms with E-state index in [9.17, 15) is 43.2 Å². The Hall–Kier alpha value is -1.94. The van der Waals surface area contributed by atoms with Crippen molar-refractivity contribution in [3.05, 3.63) is 0 Å². The van der Waals surface area contributed by atoms with Gasteiger partial charge in [0, 0.05) is 25.7 Å². The Kier molecular flexibility index (Phi) is 73.4. The molecule has 0 aliphatic rings. The van der Waals surface area contributed by atoms with Crippen LogP contribution in [0.2, 0.25) is 0 Å². The van der Waals surface area contributed by atoms with Gasteiger partial charge in [-0.15, -0.1) is 0 Å². The van der Waals surface area contributed by atoms with Gasteiger partial charge in [0.25, 0.3) is 0 Å². The monoisotopic (exact) mass is 1540 g/mol. The number of hydrogen-bond donors (Lipinski definition) is 3. The van der Waals surface area contributed by atoms with Crippen LogP contribution < -0.4 is 0 Å². The van der Waals surface area contributed by atoms with Gasteiger partial charge >= 0.3 is 39.5 Å². The van der Waals surface area contributed by atoms with Gasteiger partial charge in [0.15, 0.2) is 12.2 Å². The Balaban J connectivity index is 5.21. The summed E-state index contributed by atoms with van der Waals surface area (Å²) in [5.74, 6) is 1.09. The van der Waals surface area contributed by atoms with Gasteiger partial charge in [0.2, 0.25) is 0 Å². The molecule has 624 valence electrons. The summed E-state index contributed by atoms with van der Waals surface area (Å²) >= 11 is 0. The van der Waals surface area contributed by atoms with Crippen LogP contribution in [-0.4, -0.2) is 96.7 Å². The molecule has 0 heterocycles. The predicted molar refractivity (Wildman–Crippen MR) is 432 cm³/mol. The zero-order valence-electron chi connectivity index (χ0n) is 69.4. The van der Waals surface area contributed by atoms with Crippen LogP contribution in [0.4, 0.5) is 0 Å². The van der Waals surface area contributed by atoms with Crippen LogP contribution in [0, 0.1) is 23.7 Å². The van der Waals surface area contributed by atoms with Crippen molar-refractivity contribution in [3.63, 3.8) is 0 Å². The summed E-state index contributed by atoms with van der Waals surface area (Å²) in [6.07, 6.45) is 63.9. The molecule has 0 rings (SSSR count). The number of phosphoric ester groups is 2. The highest BCUT2D eigenvalue weighted by Crippen LogP contribution is 2.45.